The maximum absolute atomic E-state index is 11.8. The molecule has 0 saturated carbocycles. The number of benzene rings is 1. The first-order valence-electron chi connectivity index (χ1n) is 6.52. The summed E-state index contributed by atoms with van der Waals surface area (Å²) in [4.78, 5) is 11.8. The van der Waals surface area contributed by atoms with Crippen molar-refractivity contribution in [3.05, 3.63) is 29.8 Å². The van der Waals surface area contributed by atoms with Gasteiger partial charge in [0.1, 0.15) is 11.9 Å². The standard InChI is InChI=1S/C14H20N2O3/c1-18-12-4-2-3-11(9-12)5-6-16-14(17)13-10-15-7-8-19-13/h2-4,9,13,15H,5-8,10H2,1H3,(H,16,17)/t13-/m1/s1. The lowest BCUT2D eigenvalue weighted by Crippen LogP contribution is -2.48. The number of carbonyl (C=O) groups is 1. The van der Waals surface area contributed by atoms with Gasteiger partial charge in [-0.1, -0.05) is 12.1 Å². The van der Waals surface area contributed by atoms with E-state index < -0.39 is 0 Å². The van der Waals surface area contributed by atoms with Gasteiger partial charge in [-0.05, 0) is 24.1 Å². The second-order valence-electron chi connectivity index (χ2n) is 4.46. The van der Waals surface area contributed by atoms with Crippen LogP contribution in [0.2, 0.25) is 0 Å². The maximum atomic E-state index is 11.8. The topological polar surface area (TPSA) is 59.6 Å². The molecule has 104 valence electrons. The molecule has 0 aromatic heterocycles. The van der Waals surface area contributed by atoms with Gasteiger partial charge in [-0.2, -0.15) is 0 Å². The Morgan fingerprint density at radius 3 is 3.21 bits per heavy atom. The van der Waals surface area contributed by atoms with Crippen LogP contribution in [0, 0.1) is 0 Å². The zero-order valence-electron chi connectivity index (χ0n) is 11.1. The van der Waals surface area contributed by atoms with E-state index in [0.717, 1.165) is 24.3 Å². The number of ether oxygens (including phenoxy) is 2. The van der Waals surface area contributed by atoms with Crippen molar-refractivity contribution in [2.24, 2.45) is 0 Å². The number of hydrogen-bond donors (Lipinski definition) is 2. The van der Waals surface area contributed by atoms with Crippen LogP contribution in [0.15, 0.2) is 24.3 Å². The first kappa shape index (κ1) is 13.8. The Labute approximate surface area is 113 Å². The van der Waals surface area contributed by atoms with Crippen LogP contribution in [-0.4, -0.2) is 45.4 Å². The number of methoxy groups -OCH3 is 1. The van der Waals surface area contributed by atoms with Gasteiger partial charge in [0.25, 0.3) is 0 Å². The lowest BCUT2D eigenvalue weighted by atomic mass is 10.1. The van der Waals surface area contributed by atoms with E-state index in [0.29, 0.717) is 19.7 Å². The van der Waals surface area contributed by atoms with Crippen molar-refractivity contribution in [1.82, 2.24) is 10.6 Å². The molecule has 1 aromatic carbocycles. The minimum atomic E-state index is -0.362. The summed E-state index contributed by atoms with van der Waals surface area (Å²) >= 11 is 0. The Morgan fingerprint density at radius 2 is 2.47 bits per heavy atom. The Bertz CT molecular complexity index is 417. The summed E-state index contributed by atoms with van der Waals surface area (Å²) < 4.78 is 10.5. The molecule has 0 radical (unpaired) electrons. The first-order chi connectivity index (χ1) is 9.29. The molecule has 2 rings (SSSR count). The van der Waals surface area contributed by atoms with Crippen molar-refractivity contribution in [1.29, 1.82) is 0 Å². The predicted octanol–water partition coefficient (Wildman–Crippen LogP) is 0.342. The van der Waals surface area contributed by atoms with E-state index in [-0.39, 0.29) is 12.0 Å². The van der Waals surface area contributed by atoms with E-state index in [1.807, 2.05) is 24.3 Å². The SMILES string of the molecule is COc1cccc(CCNC(=O)[C@H]2CNCCO2)c1. The molecule has 1 atom stereocenters. The van der Waals surface area contributed by atoms with Crippen LogP contribution >= 0.6 is 0 Å². The molecule has 0 bridgehead atoms. The third-order valence-corrected chi connectivity index (χ3v) is 3.07. The van der Waals surface area contributed by atoms with E-state index in [4.69, 9.17) is 9.47 Å². The summed E-state index contributed by atoms with van der Waals surface area (Å²) in [7, 11) is 1.65. The van der Waals surface area contributed by atoms with Crippen molar-refractivity contribution in [3.8, 4) is 5.75 Å². The number of rotatable bonds is 5. The van der Waals surface area contributed by atoms with E-state index in [1.165, 1.54) is 0 Å². The quantitative estimate of drug-likeness (QED) is 0.805. The highest BCUT2D eigenvalue weighted by molar-refractivity contribution is 5.81. The van der Waals surface area contributed by atoms with Crippen LogP contribution in [0.4, 0.5) is 0 Å². The maximum Gasteiger partial charge on any atom is 0.250 e. The normalized spacial score (nSPS) is 18.9. The van der Waals surface area contributed by atoms with Crippen LogP contribution in [0.5, 0.6) is 5.75 Å². The van der Waals surface area contributed by atoms with Crippen LogP contribution in [0.25, 0.3) is 0 Å². The van der Waals surface area contributed by atoms with E-state index >= 15 is 0 Å². The zero-order chi connectivity index (χ0) is 13.5. The molecule has 5 heteroatoms. The van der Waals surface area contributed by atoms with Crippen LogP contribution in [0.3, 0.4) is 0 Å². The summed E-state index contributed by atoms with van der Waals surface area (Å²) in [6, 6.07) is 7.85. The molecule has 2 N–H and O–H groups in total. The Morgan fingerprint density at radius 1 is 1.58 bits per heavy atom. The van der Waals surface area contributed by atoms with Gasteiger partial charge in [0.15, 0.2) is 0 Å². The minimum absolute atomic E-state index is 0.0462. The Hall–Kier alpha value is -1.59. The van der Waals surface area contributed by atoms with Gasteiger partial charge in [0.2, 0.25) is 5.91 Å². The third-order valence-electron chi connectivity index (χ3n) is 3.07. The van der Waals surface area contributed by atoms with Crippen molar-refractivity contribution in [2.75, 3.05) is 33.4 Å². The average Bonchev–Trinajstić information content (AvgIpc) is 2.48. The summed E-state index contributed by atoms with van der Waals surface area (Å²) in [5.41, 5.74) is 1.14. The van der Waals surface area contributed by atoms with Crippen LogP contribution < -0.4 is 15.4 Å². The predicted molar refractivity (Wildman–Crippen MR) is 72.3 cm³/mol. The Kier molecular flexibility index (Phi) is 5.18. The molecule has 1 saturated heterocycles. The highest BCUT2D eigenvalue weighted by atomic mass is 16.5. The fourth-order valence-electron chi connectivity index (χ4n) is 2.01. The molecule has 1 fully saturated rings. The molecular formula is C14H20N2O3. The van der Waals surface area contributed by atoms with Gasteiger partial charge in [0, 0.05) is 19.6 Å². The van der Waals surface area contributed by atoms with Gasteiger partial charge >= 0.3 is 0 Å². The summed E-state index contributed by atoms with van der Waals surface area (Å²) in [5, 5.41) is 6.03. The lowest BCUT2D eigenvalue weighted by Gasteiger charge is -2.22. The molecule has 5 nitrogen and oxygen atoms in total. The highest BCUT2D eigenvalue weighted by Gasteiger charge is 2.20. The second-order valence-corrected chi connectivity index (χ2v) is 4.46. The van der Waals surface area contributed by atoms with Gasteiger partial charge in [-0.3, -0.25) is 4.79 Å². The largest absolute Gasteiger partial charge is 0.497 e. The molecule has 1 aliphatic heterocycles. The fraction of sp³-hybridized carbons (Fsp3) is 0.500. The van der Waals surface area contributed by atoms with Gasteiger partial charge < -0.3 is 20.1 Å². The summed E-state index contributed by atoms with van der Waals surface area (Å²) in [5.74, 6) is 0.790. The monoisotopic (exact) mass is 264 g/mol. The van der Waals surface area contributed by atoms with Gasteiger partial charge in [-0.15, -0.1) is 0 Å². The molecule has 19 heavy (non-hydrogen) atoms. The van der Waals surface area contributed by atoms with Gasteiger partial charge in [0.05, 0.1) is 13.7 Å². The first-order valence-corrected chi connectivity index (χ1v) is 6.52. The molecule has 1 aromatic rings. The van der Waals surface area contributed by atoms with Crippen molar-refractivity contribution >= 4 is 5.91 Å². The molecule has 1 aliphatic rings. The number of amides is 1. The smallest absolute Gasteiger partial charge is 0.250 e. The second kappa shape index (κ2) is 7.11. The van der Waals surface area contributed by atoms with Crippen LogP contribution in [-0.2, 0) is 16.0 Å². The average molecular weight is 264 g/mol. The van der Waals surface area contributed by atoms with Crippen molar-refractivity contribution < 1.29 is 14.3 Å². The third kappa shape index (κ3) is 4.22. The van der Waals surface area contributed by atoms with E-state index in [9.17, 15) is 4.79 Å². The highest BCUT2D eigenvalue weighted by Crippen LogP contribution is 2.12. The molecule has 0 spiro atoms. The molecule has 0 aliphatic carbocycles. The molecule has 0 unspecified atom stereocenters. The number of hydrogen-bond acceptors (Lipinski definition) is 4. The lowest BCUT2D eigenvalue weighted by molar-refractivity contribution is -0.134. The Balaban J connectivity index is 1.74. The minimum Gasteiger partial charge on any atom is -0.497 e. The number of nitrogens with one attached hydrogen (secondary N) is 2. The van der Waals surface area contributed by atoms with Crippen molar-refractivity contribution in [3.63, 3.8) is 0 Å². The zero-order valence-corrected chi connectivity index (χ0v) is 11.1. The summed E-state index contributed by atoms with van der Waals surface area (Å²) in [6.45, 7) is 2.60. The number of morpholine rings is 1. The molecule has 1 amide bonds. The fourth-order valence-corrected chi connectivity index (χ4v) is 2.01. The van der Waals surface area contributed by atoms with Crippen molar-refractivity contribution in [2.45, 2.75) is 12.5 Å². The molecular weight excluding hydrogens is 244 g/mol. The van der Waals surface area contributed by atoms with Gasteiger partial charge in [-0.25, -0.2) is 0 Å². The van der Waals surface area contributed by atoms with E-state index in [1.54, 1.807) is 7.11 Å². The summed E-state index contributed by atoms with van der Waals surface area (Å²) in [6.07, 6.45) is 0.419. The molecule has 1 heterocycles. The van der Waals surface area contributed by atoms with E-state index in [2.05, 4.69) is 10.6 Å². The number of carbonyl (C=O) groups excluding carboxylic acids is 1. The van der Waals surface area contributed by atoms with Crippen LogP contribution in [0.1, 0.15) is 5.56 Å².